The molecule has 0 saturated heterocycles. The summed E-state index contributed by atoms with van der Waals surface area (Å²) in [6.07, 6.45) is 3.52. The summed E-state index contributed by atoms with van der Waals surface area (Å²) in [5.41, 5.74) is 25.1. The van der Waals surface area contributed by atoms with E-state index in [-0.39, 0.29) is 0 Å². The highest BCUT2D eigenvalue weighted by Crippen LogP contribution is 2.30. The van der Waals surface area contributed by atoms with Gasteiger partial charge in [-0.1, -0.05) is 47.8 Å². The van der Waals surface area contributed by atoms with E-state index in [1.54, 1.807) is 12.2 Å². The van der Waals surface area contributed by atoms with Crippen molar-refractivity contribution >= 4 is 34.9 Å². The Morgan fingerprint density at radius 2 is 1.05 bits per heavy atom. The lowest BCUT2D eigenvalue weighted by atomic mass is 10.3. The minimum Gasteiger partial charge on any atom is -0.398 e. The van der Waals surface area contributed by atoms with Crippen LogP contribution in [0.3, 0.4) is 0 Å². The van der Waals surface area contributed by atoms with Gasteiger partial charge in [-0.25, -0.2) is 0 Å². The number of allylic oxidation sites excluding steroid dienone is 2. The molecule has 114 valence electrons. The van der Waals surface area contributed by atoms with Crippen molar-refractivity contribution < 1.29 is 0 Å². The maximum Gasteiger partial charge on any atom is 0.0705 e. The molecule has 0 aliphatic carbocycles. The molecule has 2 aromatic carbocycles. The number of anilines is 2. The zero-order chi connectivity index (χ0) is 15.9. The van der Waals surface area contributed by atoms with Crippen molar-refractivity contribution in [3.05, 3.63) is 70.7 Å². The molecular formula is C16H18N4S2. The summed E-state index contributed by atoms with van der Waals surface area (Å²) in [4.78, 5) is 1.84. The van der Waals surface area contributed by atoms with Crippen molar-refractivity contribution in [1.29, 1.82) is 0 Å². The van der Waals surface area contributed by atoms with E-state index < -0.39 is 0 Å². The van der Waals surface area contributed by atoms with Gasteiger partial charge < -0.3 is 22.9 Å². The summed E-state index contributed by atoms with van der Waals surface area (Å²) < 4.78 is 0. The van der Waals surface area contributed by atoms with E-state index in [2.05, 4.69) is 0 Å². The standard InChI is InChI=1S/C16H18N4S2/c17-11-5-1-3-7-13(11)21-15(19)9-10-16(20)22-14-8-4-2-6-12(14)18/h1-10H,17-20H2. The van der Waals surface area contributed by atoms with Crippen LogP contribution in [0.2, 0.25) is 0 Å². The highest BCUT2D eigenvalue weighted by molar-refractivity contribution is 8.03. The Morgan fingerprint density at radius 1 is 0.682 bits per heavy atom. The van der Waals surface area contributed by atoms with Gasteiger partial charge in [-0.15, -0.1) is 0 Å². The summed E-state index contributed by atoms with van der Waals surface area (Å²) in [5, 5.41) is 1.23. The number of nitrogen functional groups attached to an aromatic ring is 2. The third-order valence-corrected chi connectivity index (χ3v) is 4.63. The topological polar surface area (TPSA) is 104 Å². The average Bonchev–Trinajstić information content (AvgIpc) is 2.50. The Bertz CT molecular complexity index is 649. The summed E-state index contributed by atoms with van der Waals surface area (Å²) in [6, 6.07) is 15.1. The molecule has 2 rings (SSSR count). The summed E-state index contributed by atoms with van der Waals surface area (Å²) in [7, 11) is 0. The second-order valence-electron chi connectivity index (χ2n) is 4.42. The van der Waals surface area contributed by atoms with Crippen LogP contribution in [0, 0.1) is 0 Å². The van der Waals surface area contributed by atoms with E-state index in [9.17, 15) is 0 Å². The fraction of sp³-hybridized carbons (Fsp3) is 0. The molecule has 0 unspecified atom stereocenters. The minimum absolute atomic E-state index is 0.613. The number of thioether (sulfide) groups is 2. The Hall–Kier alpha value is -2.18. The fourth-order valence-electron chi connectivity index (χ4n) is 1.63. The van der Waals surface area contributed by atoms with E-state index in [1.165, 1.54) is 23.5 Å². The summed E-state index contributed by atoms with van der Waals surface area (Å²) in [5.74, 6) is 0. The van der Waals surface area contributed by atoms with Gasteiger partial charge in [0.2, 0.25) is 0 Å². The van der Waals surface area contributed by atoms with Crippen molar-refractivity contribution in [2.75, 3.05) is 11.5 Å². The highest BCUT2D eigenvalue weighted by Gasteiger charge is 2.01. The summed E-state index contributed by atoms with van der Waals surface area (Å²) in [6.45, 7) is 0. The van der Waals surface area contributed by atoms with Crippen molar-refractivity contribution in [2.24, 2.45) is 11.5 Å². The highest BCUT2D eigenvalue weighted by atomic mass is 32.2. The molecule has 0 bridgehead atoms. The molecule has 0 spiro atoms. The van der Waals surface area contributed by atoms with Gasteiger partial charge in [-0.05, 0) is 36.4 Å². The Morgan fingerprint density at radius 3 is 1.41 bits per heavy atom. The van der Waals surface area contributed by atoms with Gasteiger partial charge in [0.15, 0.2) is 0 Å². The van der Waals surface area contributed by atoms with Gasteiger partial charge in [0.1, 0.15) is 0 Å². The maximum absolute atomic E-state index is 5.98. The van der Waals surface area contributed by atoms with Gasteiger partial charge in [0, 0.05) is 21.2 Å². The predicted molar refractivity (Wildman–Crippen MR) is 98.0 cm³/mol. The third-order valence-electron chi connectivity index (χ3n) is 2.71. The molecule has 6 heteroatoms. The van der Waals surface area contributed by atoms with Crippen LogP contribution in [0.1, 0.15) is 0 Å². The number of rotatable bonds is 5. The van der Waals surface area contributed by atoms with Gasteiger partial charge in [0.05, 0.1) is 10.1 Å². The molecule has 0 fully saturated rings. The van der Waals surface area contributed by atoms with E-state index in [4.69, 9.17) is 22.9 Å². The van der Waals surface area contributed by atoms with E-state index in [0.29, 0.717) is 21.4 Å². The van der Waals surface area contributed by atoms with Crippen molar-refractivity contribution in [2.45, 2.75) is 9.79 Å². The lowest BCUT2D eigenvalue weighted by molar-refractivity contribution is 1.43. The quantitative estimate of drug-likeness (QED) is 0.381. The number of nitrogens with two attached hydrogens (primary N) is 4. The van der Waals surface area contributed by atoms with Crippen molar-refractivity contribution in [3.63, 3.8) is 0 Å². The van der Waals surface area contributed by atoms with E-state index in [1.807, 2.05) is 48.5 Å². The van der Waals surface area contributed by atoms with E-state index >= 15 is 0 Å². The molecule has 0 heterocycles. The largest absolute Gasteiger partial charge is 0.398 e. The molecule has 0 radical (unpaired) electrons. The molecule has 22 heavy (non-hydrogen) atoms. The van der Waals surface area contributed by atoms with Crippen LogP contribution >= 0.6 is 23.5 Å². The fourth-order valence-corrected chi connectivity index (χ4v) is 3.08. The van der Waals surface area contributed by atoms with Crippen LogP contribution in [-0.4, -0.2) is 0 Å². The minimum atomic E-state index is 0.613. The van der Waals surface area contributed by atoms with Crippen LogP contribution in [0.15, 0.2) is 80.5 Å². The van der Waals surface area contributed by atoms with E-state index in [0.717, 1.165) is 9.79 Å². The Balaban J connectivity index is 2.03. The van der Waals surface area contributed by atoms with Crippen molar-refractivity contribution in [3.8, 4) is 0 Å². The zero-order valence-corrected chi connectivity index (χ0v) is 13.5. The number of hydrogen-bond donors (Lipinski definition) is 4. The number of para-hydroxylation sites is 2. The zero-order valence-electron chi connectivity index (χ0n) is 11.9. The normalized spacial score (nSPS) is 12.4. The van der Waals surface area contributed by atoms with Crippen molar-refractivity contribution in [1.82, 2.24) is 0 Å². The molecule has 0 aromatic heterocycles. The summed E-state index contributed by atoms with van der Waals surface area (Å²) >= 11 is 2.80. The molecule has 0 aliphatic heterocycles. The van der Waals surface area contributed by atoms with Crippen LogP contribution in [0.4, 0.5) is 11.4 Å². The molecule has 0 saturated carbocycles. The van der Waals surface area contributed by atoms with Gasteiger partial charge in [-0.2, -0.15) is 0 Å². The predicted octanol–water partition coefficient (Wildman–Crippen LogP) is 3.34. The van der Waals surface area contributed by atoms with Crippen LogP contribution in [0.25, 0.3) is 0 Å². The first-order valence-electron chi connectivity index (χ1n) is 6.54. The van der Waals surface area contributed by atoms with Gasteiger partial charge in [0.25, 0.3) is 0 Å². The second kappa shape index (κ2) is 7.72. The third kappa shape index (κ3) is 4.68. The molecule has 0 amide bonds. The lowest BCUT2D eigenvalue weighted by Crippen LogP contribution is -1.96. The molecule has 4 nitrogen and oxygen atoms in total. The SMILES string of the molecule is NC(=CC=C(N)Sc1ccccc1N)Sc1ccccc1N. The lowest BCUT2D eigenvalue weighted by Gasteiger charge is -2.05. The number of hydrogen-bond acceptors (Lipinski definition) is 6. The molecule has 8 N–H and O–H groups in total. The molecular weight excluding hydrogens is 312 g/mol. The first-order valence-corrected chi connectivity index (χ1v) is 8.17. The second-order valence-corrected chi connectivity index (χ2v) is 6.65. The monoisotopic (exact) mass is 330 g/mol. The molecule has 0 aliphatic rings. The first kappa shape index (κ1) is 16.2. The van der Waals surface area contributed by atoms with Crippen LogP contribution in [0.5, 0.6) is 0 Å². The average molecular weight is 330 g/mol. The Labute approximate surface area is 138 Å². The Kier molecular flexibility index (Phi) is 5.68. The van der Waals surface area contributed by atoms with Crippen LogP contribution < -0.4 is 22.9 Å². The molecule has 2 aromatic rings. The smallest absolute Gasteiger partial charge is 0.0705 e. The van der Waals surface area contributed by atoms with Gasteiger partial charge in [-0.3, -0.25) is 0 Å². The first-order chi connectivity index (χ1) is 10.6. The van der Waals surface area contributed by atoms with Crippen LogP contribution in [-0.2, 0) is 0 Å². The van der Waals surface area contributed by atoms with Gasteiger partial charge >= 0.3 is 0 Å². The number of benzene rings is 2. The molecule has 0 atom stereocenters. The maximum atomic E-state index is 5.98.